The van der Waals surface area contributed by atoms with Crippen LogP contribution in [-0.4, -0.2) is 42.5 Å². The van der Waals surface area contributed by atoms with Crippen molar-refractivity contribution in [3.8, 4) is 5.75 Å². The molecule has 6 heteroatoms. The molecule has 0 aromatic heterocycles. The molecular weight excluding hydrogens is 480 g/mol. The van der Waals surface area contributed by atoms with Crippen molar-refractivity contribution in [3.63, 3.8) is 0 Å². The number of nitrogens with one attached hydrogen (secondary N) is 1. The molecule has 0 radical (unpaired) electrons. The third kappa shape index (κ3) is 8.50. The van der Waals surface area contributed by atoms with E-state index in [4.69, 9.17) is 4.74 Å². The largest absolute Gasteiger partial charge is 0.483 e. The second kappa shape index (κ2) is 12.2. The molecule has 1 unspecified atom stereocenters. The molecule has 1 N–H and O–H groups in total. The van der Waals surface area contributed by atoms with Gasteiger partial charge in [0.15, 0.2) is 6.61 Å². The number of rotatable bonds is 10. The van der Waals surface area contributed by atoms with Gasteiger partial charge in [0.2, 0.25) is 5.91 Å². The molecular formula is C27H37BrN2O3. The number of hydrogen-bond donors (Lipinski definition) is 1. The number of amides is 2. The monoisotopic (exact) mass is 516 g/mol. The van der Waals surface area contributed by atoms with Gasteiger partial charge in [-0.25, -0.2) is 0 Å². The van der Waals surface area contributed by atoms with Crippen molar-refractivity contribution in [3.05, 3.63) is 64.1 Å². The Morgan fingerprint density at radius 3 is 2.30 bits per heavy atom. The van der Waals surface area contributed by atoms with Gasteiger partial charge in [-0.3, -0.25) is 9.59 Å². The number of carbonyl (C=O) groups is 2. The maximum absolute atomic E-state index is 13.2. The van der Waals surface area contributed by atoms with Crippen molar-refractivity contribution in [2.45, 2.75) is 59.4 Å². The van der Waals surface area contributed by atoms with Crippen LogP contribution in [0.4, 0.5) is 0 Å². The SMILES string of the molecule is CC(C)CNC(=O)C(C)N(CCc1ccccc1)C(=O)COc1ccc(C(C)(C)C)cc1Br. The third-order valence-corrected chi connectivity index (χ3v) is 6.10. The lowest BCUT2D eigenvalue weighted by molar-refractivity contribution is -0.141. The van der Waals surface area contributed by atoms with Crippen LogP contribution < -0.4 is 10.1 Å². The fraction of sp³-hybridized carbons (Fsp3) is 0.481. The number of carbonyl (C=O) groups excluding carboxylic acids is 2. The quantitative estimate of drug-likeness (QED) is 0.462. The molecule has 2 amide bonds. The third-order valence-electron chi connectivity index (χ3n) is 5.49. The Hall–Kier alpha value is -2.34. The zero-order valence-corrected chi connectivity index (χ0v) is 22.2. The van der Waals surface area contributed by atoms with Crippen LogP contribution in [-0.2, 0) is 21.4 Å². The lowest BCUT2D eigenvalue weighted by Crippen LogP contribution is -2.50. The maximum atomic E-state index is 13.2. The van der Waals surface area contributed by atoms with E-state index in [0.717, 1.165) is 10.0 Å². The predicted octanol–water partition coefficient (Wildman–Crippen LogP) is 5.36. The Kier molecular flexibility index (Phi) is 9.96. The lowest BCUT2D eigenvalue weighted by atomic mass is 9.87. The molecule has 0 aliphatic heterocycles. The second-order valence-electron chi connectivity index (χ2n) is 9.82. The van der Waals surface area contributed by atoms with Crippen LogP contribution in [0.5, 0.6) is 5.75 Å². The molecule has 2 aromatic carbocycles. The summed E-state index contributed by atoms with van der Waals surface area (Å²) in [6.07, 6.45) is 0.665. The second-order valence-corrected chi connectivity index (χ2v) is 10.7. The van der Waals surface area contributed by atoms with Crippen molar-refractivity contribution in [2.75, 3.05) is 19.7 Å². The highest BCUT2D eigenvalue weighted by molar-refractivity contribution is 9.10. The molecule has 5 nitrogen and oxygen atoms in total. The molecule has 0 spiro atoms. The molecule has 0 bridgehead atoms. The normalized spacial score (nSPS) is 12.4. The Morgan fingerprint density at radius 1 is 1.06 bits per heavy atom. The lowest BCUT2D eigenvalue weighted by Gasteiger charge is -2.29. The molecule has 0 fully saturated rings. The highest BCUT2D eigenvalue weighted by atomic mass is 79.9. The van der Waals surface area contributed by atoms with Gasteiger partial charge >= 0.3 is 0 Å². The zero-order valence-electron chi connectivity index (χ0n) is 20.7. The van der Waals surface area contributed by atoms with E-state index in [1.54, 1.807) is 11.8 Å². The van der Waals surface area contributed by atoms with Gasteiger partial charge in [0, 0.05) is 13.1 Å². The average Bonchev–Trinajstić information content (AvgIpc) is 2.76. The Labute approximate surface area is 207 Å². The summed E-state index contributed by atoms with van der Waals surface area (Å²) in [5, 5.41) is 2.94. The van der Waals surface area contributed by atoms with Crippen LogP contribution in [0, 0.1) is 5.92 Å². The van der Waals surface area contributed by atoms with E-state index in [1.807, 2.05) is 62.4 Å². The van der Waals surface area contributed by atoms with Crippen LogP contribution >= 0.6 is 15.9 Å². The first-order valence-electron chi connectivity index (χ1n) is 11.5. The standard InChI is InChI=1S/C27H37BrN2O3/c1-19(2)17-29-26(32)20(3)30(15-14-21-10-8-7-9-11-21)25(31)18-33-24-13-12-22(16-23(24)28)27(4,5)6/h7-13,16,19-20H,14-15,17-18H2,1-6H3,(H,29,32). The first kappa shape index (κ1) is 26.9. The summed E-state index contributed by atoms with van der Waals surface area (Å²) in [6, 6.07) is 15.3. The van der Waals surface area contributed by atoms with Gasteiger partial charge < -0.3 is 15.0 Å². The molecule has 0 saturated heterocycles. The van der Waals surface area contributed by atoms with E-state index in [0.29, 0.717) is 31.2 Å². The highest BCUT2D eigenvalue weighted by Crippen LogP contribution is 2.31. The fourth-order valence-corrected chi connectivity index (χ4v) is 3.82. The zero-order chi connectivity index (χ0) is 24.6. The van der Waals surface area contributed by atoms with Gasteiger partial charge in [0.25, 0.3) is 5.91 Å². The van der Waals surface area contributed by atoms with Crippen LogP contribution in [0.25, 0.3) is 0 Å². The van der Waals surface area contributed by atoms with E-state index >= 15 is 0 Å². The molecule has 0 aliphatic rings. The molecule has 2 aromatic rings. The molecule has 0 heterocycles. The predicted molar refractivity (Wildman–Crippen MR) is 138 cm³/mol. The molecule has 33 heavy (non-hydrogen) atoms. The van der Waals surface area contributed by atoms with Crippen molar-refractivity contribution >= 4 is 27.7 Å². The van der Waals surface area contributed by atoms with Crippen molar-refractivity contribution in [1.29, 1.82) is 0 Å². The molecule has 0 aliphatic carbocycles. The number of benzene rings is 2. The van der Waals surface area contributed by atoms with Crippen molar-refractivity contribution in [2.24, 2.45) is 5.92 Å². The fourth-order valence-electron chi connectivity index (χ4n) is 3.33. The minimum absolute atomic E-state index is 0.0177. The van der Waals surface area contributed by atoms with Crippen LogP contribution in [0.2, 0.25) is 0 Å². The summed E-state index contributed by atoms with van der Waals surface area (Å²) < 4.78 is 6.66. The minimum Gasteiger partial charge on any atom is -0.483 e. The summed E-state index contributed by atoms with van der Waals surface area (Å²) in [5.41, 5.74) is 2.31. The Balaban J connectivity index is 2.10. The number of ether oxygens (including phenoxy) is 1. The van der Waals surface area contributed by atoms with E-state index in [1.165, 1.54) is 5.56 Å². The van der Waals surface area contributed by atoms with Gasteiger partial charge in [-0.2, -0.15) is 0 Å². The van der Waals surface area contributed by atoms with Gasteiger partial charge in [0.05, 0.1) is 4.47 Å². The van der Waals surface area contributed by atoms with E-state index in [9.17, 15) is 9.59 Å². The number of nitrogens with zero attached hydrogens (tertiary/aromatic N) is 1. The van der Waals surface area contributed by atoms with E-state index < -0.39 is 6.04 Å². The van der Waals surface area contributed by atoms with Crippen LogP contribution in [0.15, 0.2) is 53.0 Å². The molecule has 2 rings (SSSR count). The summed E-state index contributed by atoms with van der Waals surface area (Å²) in [4.78, 5) is 27.5. The summed E-state index contributed by atoms with van der Waals surface area (Å²) in [6.45, 7) is 13.2. The first-order valence-corrected chi connectivity index (χ1v) is 12.3. The minimum atomic E-state index is -0.588. The summed E-state index contributed by atoms with van der Waals surface area (Å²) >= 11 is 3.56. The highest BCUT2D eigenvalue weighted by Gasteiger charge is 2.26. The molecule has 180 valence electrons. The maximum Gasteiger partial charge on any atom is 0.261 e. The molecule has 0 saturated carbocycles. The van der Waals surface area contributed by atoms with E-state index in [-0.39, 0.29) is 23.8 Å². The Bertz CT molecular complexity index is 923. The Morgan fingerprint density at radius 2 is 1.73 bits per heavy atom. The number of halogens is 1. The van der Waals surface area contributed by atoms with Gasteiger partial charge in [-0.05, 0) is 63.9 Å². The van der Waals surface area contributed by atoms with Gasteiger partial charge in [0.1, 0.15) is 11.8 Å². The number of hydrogen-bond acceptors (Lipinski definition) is 3. The van der Waals surface area contributed by atoms with Crippen molar-refractivity contribution in [1.82, 2.24) is 10.2 Å². The summed E-state index contributed by atoms with van der Waals surface area (Å²) in [7, 11) is 0. The van der Waals surface area contributed by atoms with Crippen LogP contribution in [0.1, 0.15) is 52.7 Å². The first-order chi connectivity index (χ1) is 15.5. The van der Waals surface area contributed by atoms with Crippen LogP contribution in [0.3, 0.4) is 0 Å². The van der Waals surface area contributed by atoms with Crippen molar-refractivity contribution < 1.29 is 14.3 Å². The summed E-state index contributed by atoms with van der Waals surface area (Å²) in [5.74, 6) is 0.577. The average molecular weight is 518 g/mol. The topological polar surface area (TPSA) is 58.6 Å². The van der Waals surface area contributed by atoms with Gasteiger partial charge in [-0.15, -0.1) is 0 Å². The van der Waals surface area contributed by atoms with Gasteiger partial charge in [-0.1, -0.05) is 71.0 Å². The van der Waals surface area contributed by atoms with E-state index in [2.05, 4.69) is 42.0 Å². The molecule has 1 atom stereocenters. The smallest absolute Gasteiger partial charge is 0.261 e.